The highest BCUT2D eigenvalue weighted by Gasteiger charge is 2.16. The Kier molecular flexibility index (Phi) is 3.89. The molecule has 1 aromatic heterocycles. The van der Waals surface area contributed by atoms with E-state index in [0.717, 1.165) is 0 Å². The molecule has 0 amide bonds. The molecule has 0 aliphatic heterocycles. The predicted octanol–water partition coefficient (Wildman–Crippen LogP) is 2.90. The van der Waals surface area contributed by atoms with Gasteiger partial charge in [-0.3, -0.25) is 4.79 Å². The fraction of sp³-hybridized carbons (Fsp3) is 0.200. The summed E-state index contributed by atoms with van der Waals surface area (Å²) in [4.78, 5) is 23.4. The second-order valence-electron chi connectivity index (χ2n) is 4.31. The van der Waals surface area contributed by atoms with Crippen molar-refractivity contribution in [3.05, 3.63) is 52.1 Å². The molecule has 20 heavy (non-hydrogen) atoms. The Balaban J connectivity index is 2.53. The number of hydrogen-bond donors (Lipinski definition) is 1. The molecule has 1 N–H and O–H groups in total. The van der Waals surface area contributed by atoms with E-state index in [1.165, 1.54) is 6.92 Å². The molecule has 0 spiro atoms. The largest absolute Gasteiger partial charge is 0.495 e. The van der Waals surface area contributed by atoms with Gasteiger partial charge in [-0.2, -0.15) is 0 Å². The minimum atomic E-state index is -0.644. The first-order chi connectivity index (χ1) is 9.52. The molecule has 0 aliphatic rings. The Hall–Kier alpha value is -2.56. The lowest BCUT2D eigenvalue weighted by Gasteiger charge is -2.13. The molecule has 0 aliphatic carbocycles. The highest BCUT2D eigenvalue weighted by Crippen LogP contribution is 2.28. The fourth-order valence-corrected chi connectivity index (χ4v) is 1.94. The van der Waals surface area contributed by atoms with Crippen LogP contribution in [0.1, 0.15) is 23.0 Å². The van der Waals surface area contributed by atoms with Crippen molar-refractivity contribution in [3.8, 4) is 5.75 Å². The number of hydrogen-bond acceptors (Lipinski definition) is 5. The van der Waals surface area contributed by atoms with Gasteiger partial charge in [0, 0.05) is 6.07 Å². The van der Waals surface area contributed by atoms with Crippen LogP contribution in [0.3, 0.4) is 0 Å². The van der Waals surface area contributed by atoms with Crippen LogP contribution in [0.15, 0.2) is 39.5 Å². The maximum Gasteiger partial charge on any atom is 0.348 e. The van der Waals surface area contributed by atoms with Gasteiger partial charge < -0.3 is 14.5 Å². The summed E-state index contributed by atoms with van der Waals surface area (Å²) in [6.07, 6.45) is 0. The quantitative estimate of drug-likeness (QED) is 0.867. The topological polar surface area (TPSA) is 68.5 Å². The van der Waals surface area contributed by atoms with Gasteiger partial charge in [-0.1, -0.05) is 12.1 Å². The van der Waals surface area contributed by atoms with E-state index in [-0.39, 0.29) is 11.3 Å². The lowest BCUT2D eigenvalue weighted by molar-refractivity contribution is 0.101. The number of carbonyl (C=O) groups excluding carboxylic acids is 1. The maximum atomic E-state index is 11.8. The van der Waals surface area contributed by atoms with Crippen molar-refractivity contribution >= 4 is 17.2 Å². The molecule has 0 fully saturated rings. The number of carbonyl (C=O) groups is 1. The summed E-state index contributed by atoms with van der Waals surface area (Å²) in [6, 6.07) is 8.86. The number of Topliss-reactive ketones (excluding diaryl/α,β-unsaturated/α-hetero) is 1. The number of benzene rings is 1. The smallest absolute Gasteiger partial charge is 0.348 e. The zero-order valence-corrected chi connectivity index (χ0v) is 11.5. The van der Waals surface area contributed by atoms with E-state index in [2.05, 4.69) is 5.32 Å². The molecule has 0 unspecified atom stereocenters. The molecule has 1 heterocycles. The zero-order valence-electron chi connectivity index (χ0n) is 11.5. The molecule has 1 aromatic carbocycles. The number of ketones is 1. The number of ether oxygens (including phenoxy) is 1. The van der Waals surface area contributed by atoms with E-state index < -0.39 is 5.63 Å². The van der Waals surface area contributed by atoms with Gasteiger partial charge in [-0.25, -0.2) is 4.79 Å². The van der Waals surface area contributed by atoms with Crippen LogP contribution in [0.5, 0.6) is 5.75 Å². The summed E-state index contributed by atoms with van der Waals surface area (Å²) in [5.41, 5.74) is 0.439. The highest BCUT2D eigenvalue weighted by atomic mass is 16.5. The van der Waals surface area contributed by atoms with Crippen LogP contribution < -0.4 is 15.7 Å². The molecule has 0 radical (unpaired) electrons. The lowest BCUT2D eigenvalue weighted by Crippen LogP contribution is -2.15. The van der Waals surface area contributed by atoms with Crippen LogP contribution >= 0.6 is 0 Å². The normalized spacial score (nSPS) is 10.2. The van der Waals surface area contributed by atoms with Crippen LogP contribution in [0.25, 0.3) is 0 Å². The molecule has 0 saturated carbocycles. The van der Waals surface area contributed by atoms with Crippen LogP contribution in [0.4, 0.5) is 11.4 Å². The zero-order chi connectivity index (χ0) is 14.7. The van der Waals surface area contributed by atoms with Crippen molar-refractivity contribution < 1.29 is 13.9 Å². The second-order valence-corrected chi connectivity index (χ2v) is 4.31. The van der Waals surface area contributed by atoms with E-state index in [4.69, 9.17) is 9.15 Å². The Morgan fingerprint density at radius 2 is 1.95 bits per heavy atom. The minimum absolute atomic E-state index is 0.00139. The molecule has 5 heteroatoms. The molecule has 104 valence electrons. The van der Waals surface area contributed by atoms with Gasteiger partial charge in [-0.15, -0.1) is 0 Å². The monoisotopic (exact) mass is 273 g/mol. The minimum Gasteiger partial charge on any atom is -0.495 e. The molecule has 5 nitrogen and oxygen atoms in total. The molecule has 0 saturated heterocycles. The molecule has 0 bridgehead atoms. The first-order valence-electron chi connectivity index (χ1n) is 6.08. The summed E-state index contributed by atoms with van der Waals surface area (Å²) < 4.78 is 10.2. The van der Waals surface area contributed by atoms with E-state index in [0.29, 0.717) is 22.9 Å². The number of methoxy groups -OCH3 is 1. The molecular weight excluding hydrogens is 258 g/mol. The Morgan fingerprint density at radius 3 is 2.60 bits per heavy atom. The van der Waals surface area contributed by atoms with Crippen LogP contribution in [-0.4, -0.2) is 12.9 Å². The highest BCUT2D eigenvalue weighted by molar-refractivity contribution is 5.99. The molecule has 0 atom stereocenters. The Bertz CT molecular complexity index is 703. The summed E-state index contributed by atoms with van der Waals surface area (Å²) in [5.74, 6) is 0.696. The SMILES string of the molecule is COc1ccccc1Nc1cc(C)oc(=O)c1C(C)=O. The van der Waals surface area contributed by atoms with Crippen molar-refractivity contribution in [2.45, 2.75) is 13.8 Å². The Labute approximate surface area is 116 Å². The van der Waals surface area contributed by atoms with Crippen molar-refractivity contribution in [2.75, 3.05) is 12.4 Å². The van der Waals surface area contributed by atoms with Gasteiger partial charge in [0.2, 0.25) is 0 Å². The van der Waals surface area contributed by atoms with Gasteiger partial charge in [0.25, 0.3) is 0 Å². The number of anilines is 2. The number of nitrogens with one attached hydrogen (secondary N) is 1. The predicted molar refractivity (Wildman–Crippen MR) is 76.0 cm³/mol. The van der Waals surface area contributed by atoms with Crippen LogP contribution in [0, 0.1) is 6.92 Å². The summed E-state index contributed by atoms with van der Waals surface area (Å²) in [5, 5.41) is 3.05. The van der Waals surface area contributed by atoms with Gasteiger partial charge in [0.1, 0.15) is 17.1 Å². The van der Waals surface area contributed by atoms with Crippen molar-refractivity contribution in [1.82, 2.24) is 0 Å². The van der Waals surface area contributed by atoms with Crippen molar-refractivity contribution in [3.63, 3.8) is 0 Å². The third-order valence-electron chi connectivity index (χ3n) is 2.80. The van der Waals surface area contributed by atoms with E-state index in [1.54, 1.807) is 32.2 Å². The van der Waals surface area contributed by atoms with Crippen LogP contribution in [-0.2, 0) is 0 Å². The maximum absolute atomic E-state index is 11.8. The van der Waals surface area contributed by atoms with E-state index in [9.17, 15) is 9.59 Å². The van der Waals surface area contributed by atoms with Crippen molar-refractivity contribution in [1.29, 1.82) is 0 Å². The fourth-order valence-electron chi connectivity index (χ4n) is 1.94. The summed E-state index contributed by atoms with van der Waals surface area (Å²) in [6.45, 7) is 2.98. The molecule has 2 aromatic rings. The number of para-hydroxylation sites is 2. The average molecular weight is 273 g/mol. The van der Waals surface area contributed by atoms with Crippen LogP contribution in [0.2, 0.25) is 0 Å². The third kappa shape index (κ3) is 2.71. The standard InChI is InChI=1S/C15H15NO4/c1-9-8-12(14(10(2)17)15(18)20-9)16-11-6-4-5-7-13(11)19-3/h4-8,16H,1-3H3. The number of aryl methyl sites for hydroxylation is 1. The number of rotatable bonds is 4. The van der Waals surface area contributed by atoms with Gasteiger partial charge in [0.15, 0.2) is 5.78 Å². The van der Waals surface area contributed by atoms with Gasteiger partial charge in [0.05, 0.1) is 18.5 Å². The third-order valence-corrected chi connectivity index (χ3v) is 2.80. The summed E-state index contributed by atoms with van der Waals surface area (Å²) >= 11 is 0. The van der Waals surface area contributed by atoms with Gasteiger partial charge >= 0.3 is 5.63 Å². The van der Waals surface area contributed by atoms with Crippen molar-refractivity contribution in [2.24, 2.45) is 0 Å². The van der Waals surface area contributed by atoms with E-state index >= 15 is 0 Å². The second kappa shape index (κ2) is 5.61. The Morgan fingerprint density at radius 1 is 1.25 bits per heavy atom. The molecule has 2 rings (SSSR count). The first kappa shape index (κ1) is 13.9. The first-order valence-corrected chi connectivity index (χ1v) is 6.08. The lowest BCUT2D eigenvalue weighted by atomic mass is 10.1. The summed E-state index contributed by atoms with van der Waals surface area (Å²) in [7, 11) is 1.55. The van der Waals surface area contributed by atoms with E-state index in [1.807, 2.05) is 12.1 Å². The van der Waals surface area contributed by atoms with Gasteiger partial charge in [-0.05, 0) is 26.0 Å². The molecular formula is C15H15NO4. The average Bonchev–Trinajstić information content (AvgIpc) is 2.38.